The number of piperazine rings is 1. The van der Waals surface area contributed by atoms with Crippen molar-refractivity contribution in [1.82, 2.24) is 9.80 Å². The summed E-state index contributed by atoms with van der Waals surface area (Å²) in [5.74, 6) is 0. The Morgan fingerprint density at radius 1 is 0.962 bits per heavy atom. The smallest absolute Gasteiger partial charge is 0.321 e. The largest absolute Gasteiger partial charge is 0.376 e. The minimum Gasteiger partial charge on any atom is -0.376 e. The molecule has 26 heavy (non-hydrogen) atoms. The predicted molar refractivity (Wildman–Crippen MR) is 108 cm³/mol. The van der Waals surface area contributed by atoms with Gasteiger partial charge in [-0.2, -0.15) is 0 Å². The molecule has 1 saturated heterocycles. The van der Waals surface area contributed by atoms with Crippen molar-refractivity contribution in [3.63, 3.8) is 0 Å². The lowest BCUT2D eigenvalue weighted by Crippen LogP contribution is -2.50. The van der Waals surface area contributed by atoms with E-state index in [0.717, 1.165) is 50.5 Å². The van der Waals surface area contributed by atoms with Gasteiger partial charge in [0.05, 0.1) is 11.4 Å². The van der Waals surface area contributed by atoms with Gasteiger partial charge in [0.2, 0.25) is 0 Å². The van der Waals surface area contributed by atoms with Crippen LogP contribution in [-0.2, 0) is 6.42 Å². The van der Waals surface area contributed by atoms with Gasteiger partial charge in [-0.15, -0.1) is 0 Å². The molecule has 1 aliphatic rings. The van der Waals surface area contributed by atoms with Gasteiger partial charge in [0, 0.05) is 46.8 Å². The number of carbonyl (C=O) groups is 1. The Kier molecular flexibility index (Phi) is 6.12. The van der Waals surface area contributed by atoms with E-state index < -0.39 is 0 Å². The van der Waals surface area contributed by atoms with Crippen LogP contribution in [0.2, 0.25) is 0 Å². The Morgan fingerprint density at radius 2 is 1.62 bits per heavy atom. The fraction of sp³-hybridized carbons (Fsp3) is 0.381. The third-order valence-corrected chi connectivity index (χ3v) is 4.85. The van der Waals surface area contributed by atoms with E-state index >= 15 is 0 Å². The van der Waals surface area contributed by atoms with Crippen molar-refractivity contribution in [2.24, 2.45) is 0 Å². The second-order valence-electron chi connectivity index (χ2n) is 6.91. The maximum atomic E-state index is 12.6. The normalized spacial score (nSPS) is 14.9. The van der Waals surface area contributed by atoms with Gasteiger partial charge in [-0.05, 0) is 24.1 Å². The Morgan fingerprint density at radius 3 is 2.31 bits per heavy atom. The summed E-state index contributed by atoms with van der Waals surface area (Å²) in [6.07, 6.45) is 1.06. The summed E-state index contributed by atoms with van der Waals surface area (Å²) in [6, 6.07) is 18.4. The maximum Gasteiger partial charge on any atom is 0.321 e. The number of nitrogens with one attached hydrogen (secondary N) is 1. The summed E-state index contributed by atoms with van der Waals surface area (Å²) in [4.78, 5) is 19.0. The molecule has 1 N–H and O–H groups in total. The van der Waals surface area contributed by atoms with E-state index in [9.17, 15) is 4.79 Å². The number of carbonyl (C=O) groups excluding carboxylic acids is 1. The zero-order valence-electron chi connectivity index (χ0n) is 15.7. The van der Waals surface area contributed by atoms with Gasteiger partial charge >= 0.3 is 6.03 Å². The number of hydrogen-bond donors (Lipinski definition) is 1. The second kappa shape index (κ2) is 8.72. The zero-order valence-corrected chi connectivity index (χ0v) is 15.7. The summed E-state index contributed by atoms with van der Waals surface area (Å²) in [7, 11) is 3.97. The summed E-state index contributed by atoms with van der Waals surface area (Å²) in [5, 5.41) is 3.06. The Labute approximate surface area is 156 Å². The maximum absolute atomic E-state index is 12.6. The van der Waals surface area contributed by atoms with E-state index in [1.807, 2.05) is 48.2 Å². The van der Waals surface area contributed by atoms with Crippen LogP contribution in [0.3, 0.4) is 0 Å². The van der Waals surface area contributed by atoms with Crippen LogP contribution in [0.25, 0.3) is 0 Å². The molecule has 0 spiro atoms. The first-order valence-corrected chi connectivity index (χ1v) is 9.22. The van der Waals surface area contributed by atoms with Gasteiger partial charge in [0.25, 0.3) is 0 Å². The van der Waals surface area contributed by atoms with E-state index in [1.54, 1.807) is 0 Å². The molecule has 2 aromatic rings. The van der Waals surface area contributed by atoms with Crippen molar-refractivity contribution in [3.05, 3.63) is 60.2 Å². The Balaban J connectivity index is 1.48. The van der Waals surface area contributed by atoms with Gasteiger partial charge in [0.15, 0.2) is 0 Å². The SMILES string of the molecule is CN(C)c1ccccc1NC(=O)N1CCN(CCc2ccccc2)CC1. The Hall–Kier alpha value is -2.53. The molecule has 0 bridgehead atoms. The molecule has 138 valence electrons. The lowest BCUT2D eigenvalue weighted by molar-refractivity contribution is 0.148. The number of anilines is 2. The van der Waals surface area contributed by atoms with Crippen LogP contribution in [0, 0.1) is 0 Å². The minimum absolute atomic E-state index is 0.0120. The van der Waals surface area contributed by atoms with Crippen molar-refractivity contribution in [2.75, 3.05) is 57.0 Å². The van der Waals surface area contributed by atoms with Gasteiger partial charge in [-0.3, -0.25) is 4.90 Å². The van der Waals surface area contributed by atoms with Gasteiger partial charge in [-0.1, -0.05) is 42.5 Å². The lowest BCUT2D eigenvalue weighted by Gasteiger charge is -2.35. The monoisotopic (exact) mass is 352 g/mol. The molecule has 1 aliphatic heterocycles. The van der Waals surface area contributed by atoms with Crippen LogP contribution >= 0.6 is 0 Å². The molecule has 5 nitrogen and oxygen atoms in total. The molecule has 5 heteroatoms. The van der Waals surface area contributed by atoms with Crippen LogP contribution in [0.1, 0.15) is 5.56 Å². The van der Waals surface area contributed by atoms with Crippen LogP contribution in [0.15, 0.2) is 54.6 Å². The highest BCUT2D eigenvalue weighted by Crippen LogP contribution is 2.23. The average Bonchev–Trinajstić information content (AvgIpc) is 2.68. The molecule has 0 radical (unpaired) electrons. The number of para-hydroxylation sites is 2. The van der Waals surface area contributed by atoms with E-state index in [1.165, 1.54) is 5.56 Å². The molecule has 0 saturated carbocycles. The van der Waals surface area contributed by atoms with Crippen LogP contribution < -0.4 is 10.2 Å². The molecule has 0 aliphatic carbocycles. The molecule has 1 fully saturated rings. The highest BCUT2D eigenvalue weighted by Gasteiger charge is 2.21. The van der Waals surface area contributed by atoms with E-state index in [0.29, 0.717) is 0 Å². The highest BCUT2D eigenvalue weighted by molar-refractivity contribution is 5.93. The lowest BCUT2D eigenvalue weighted by atomic mass is 10.1. The van der Waals surface area contributed by atoms with Crippen LogP contribution in [-0.4, -0.2) is 62.7 Å². The Bertz CT molecular complexity index is 709. The molecule has 0 unspecified atom stereocenters. The quantitative estimate of drug-likeness (QED) is 0.898. The third kappa shape index (κ3) is 4.76. The number of nitrogens with zero attached hydrogens (tertiary/aromatic N) is 3. The van der Waals surface area contributed by atoms with Gasteiger partial charge < -0.3 is 15.1 Å². The van der Waals surface area contributed by atoms with Crippen LogP contribution in [0.5, 0.6) is 0 Å². The highest BCUT2D eigenvalue weighted by atomic mass is 16.2. The first-order valence-electron chi connectivity index (χ1n) is 9.22. The summed E-state index contributed by atoms with van der Waals surface area (Å²) >= 11 is 0. The zero-order chi connectivity index (χ0) is 18.4. The summed E-state index contributed by atoms with van der Waals surface area (Å²) < 4.78 is 0. The fourth-order valence-electron chi connectivity index (χ4n) is 3.27. The number of urea groups is 1. The molecule has 2 aromatic carbocycles. The first-order chi connectivity index (χ1) is 12.6. The van der Waals surface area contributed by atoms with E-state index in [4.69, 9.17) is 0 Å². The molecule has 3 rings (SSSR count). The fourth-order valence-corrected chi connectivity index (χ4v) is 3.27. The first kappa shape index (κ1) is 18.3. The molecular formula is C21H28N4O. The average molecular weight is 352 g/mol. The van der Waals surface area contributed by atoms with Crippen LogP contribution in [0.4, 0.5) is 16.2 Å². The van der Waals surface area contributed by atoms with Gasteiger partial charge in [0.1, 0.15) is 0 Å². The molecule has 0 atom stereocenters. The topological polar surface area (TPSA) is 38.8 Å². The van der Waals surface area contributed by atoms with E-state index in [2.05, 4.69) is 40.5 Å². The van der Waals surface area contributed by atoms with Crippen molar-refractivity contribution < 1.29 is 4.79 Å². The van der Waals surface area contributed by atoms with Crippen molar-refractivity contribution in [1.29, 1.82) is 0 Å². The minimum atomic E-state index is -0.0120. The third-order valence-electron chi connectivity index (χ3n) is 4.85. The van der Waals surface area contributed by atoms with Crippen molar-refractivity contribution >= 4 is 17.4 Å². The summed E-state index contributed by atoms with van der Waals surface area (Å²) in [6.45, 7) is 4.43. The molecule has 1 heterocycles. The predicted octanol–water partition coefficient (Wildman–Crippen LogP) is 3.14. The second-order valence-corrected chi connectivity index (χ2v) is 6.91. The molecular weight excluding hydrogens is 324 g/mol. The number of benzene rings is 2. The summed E-state index contributed by atoms with van der Waals surface area (Å²) in [5.41, 5.74) is 3.24. The molecule has 2 amide bonds. The van der Waals surface area contributed by atoms with Crippen molar-refractivity contribution in [3.8, 4) is 0 Å². The van der Waals surface area contributed by atoms with Crippen molar-refractivity contribution in [2.45, 2.75) is 6.42 Å². The number of amides is 2. The standard InChI is InChI=1S/C21H28N4O/c1-23(2)20-11-7-6-10-19(20)22-21(26)25-16-14-24(15-17-25)13-12-18-8-4-3-5-9-18/h3-11H,12-17H2,1-2H3,(H,22,26). The van der Waals surface area contributed by atoms with E-state index in [-0.39, 0.29) is 6.03 Å². The van der Waals surface area contributed by atoms with Gasteiger partial charge in [-0.25, -0.2) is 4.79 Å². The molecule has 0 aromatic heterocycles. The number of hydrogen-bond acceptors (Lipinski definition) is 3. The number of rotatable bonds is 5.